The predicted octanol–water partition coefficient (Wildman–Crippen LogP) is 5.46. The number of nitrogens with zero attached hydrogens (tertiary/aromatic N) is 1. The van der Waals surface area contributed by atoms with Gasteiger partial charge in [-0.15, -0.1) is 0 Å². The van der Waals surface area contributed by atoms with Crippen LogP contribution in [0.3, 0.4) is 0 Å². The smallest absolute Gasteiger partial charge is 0.0686 e. The van der Waals surface area contributed by atoms with Crippen LogP contribution in [0.25, 0.3) is 0 Å². The second-order valence-corrected chi connectivity index (χ2v) is 8.60. The molecule has 0 radical (unpaired) electrons. The molecule has 1 fully saturated rings. The maximum absolute atomic E-state index is 10.1. The van der Waals surface area contributed by atoms with Gasteiger partial charge in [0.25, 0.3) is 0 Å². The summed E-state index contributed by atoms with van der Waals surface area (Å²) in [6.45, 7) is 12.1. The molecule has 0 aromatic carbocycles. The minimum atomic E-state index is -0.150. The Morgan fingerprint density at radius 3 is 2.09 bits per heavy atom. The lowest BCUT2D eigenvalue weighted by atomic mass is 9.82. The fourth-order valence-corrected chi connectivity index (χ4v) is 3.93. The SMILES string of the molecule is CCCCCCCC(O)CCCON1C(C)(C)CCCC1(C)C. The van der Waals surface area contributed by atoms with Gasteiger partial charge in [0, 0.05) is 11.1 Å². The van der Waals surface area contributed by atoms with E-state index in [9.17, 15) is 5.11 Å². The minimum absolute atomic E-state index is 0.111. The van der Waals surface area contributed by atoms with E-state index < -0.39 is 0 Å². The van der Waals surface area contributed by atoms with Crippen molar-refractivity contribution in [1.82, 2.24) is 5.06 Å². The average molecular weight is 328 g/mol. The van der Waals surface area contributed by atoms with E-state index in [1.54, 1.807) is 0 Å². The van der Waals surface area contributed by atoms with Gasteiger partial charge in [-0.05, 0) is 66.2 Å². The van der Waals surface area contributed by atoms with Crippen LogP contribution >= 0.6 is 0 Å². The molecule has 0 bridgehead atoms. The zero-order valence-corrected chi connectivity index (χ0v) is 16.4. The number of aliphatic hydroxyl groups excluding tert-OH is 1. The lowest BCUT2D eigenvalue weighted by molar-refractivity contribution is -0.281. The molecular formula is C20H41NO2. The molecule has 1 N–H and O–H groups in total. The Morgan fingerprint density at radius 2 is 1.48 bits per heavy atom. The summed E-state index contributed by atoms with van der Waals surface area (Å²) < 4.78 is 0. The van der Waals surface area contributed by atoms with Crippen LogP contribution in [0.2, 0.25) is 0 Å². The molecule has 23 heavy (non-hydrogen) atoms. The third-order valence-corrected chi connectivity index (χ3v) is 5.22. The van der Waals surface area contributed by atoms with Gasteiger partial charge in [0.15, 0.2) is 0 Å². The molecule has 0 aromatic rings. The fourth-order valence-electron chi connectivity index (χ4n) is 3.93. The first-order valence-electron chi connectivity index (χ1n) is 9.91. The lowest BCUT2D eigenvalue weighted by Gasteiger charge is -2.51. The van der Waals surface area contributed by atoms with Crippen LogP contribution in [0.5, 0.6) is 0 Å². The van der Waals surface area contributed by atoms with Crippen molar-refractivity contribution in [2.75, 3.05) is 6.61 Å². The summed E-state index contributed by atoms with van der Waals surface area (Å²) in [4.78, 5) is 6.14. The molecule has 0 saturated carbocycles. The highest BCUT2D eigenvalue weighted by molar-refractivity contribution is 4.92. The fraction of sp³-hybridized carbons (Fsp3) is 1.00. The summed E-state index contributed by atoms with van der Waals surface area (Å²) in [6.07, 6.45) is 12.6. The molecule has 1 atom stereocenters. The van der Waals surface area contributed by atoms with E-state index in [1.807, 2.05) is 0 Å². The van der Waals surface area contributed by atoms with E-state index in [0.29, 0.717) is 0 Å². The summed E-state index contributed by atoms with van der Waals surface area (Å²) in [5.74, 6) is 0. The Kier molecular flexibility index (Phi) is 9.10. The van der Waals surface area contributed by atoms with Crippen LogP contribution in [0.1, 0.15) is 105 Å². The first kappa shape index (κ1) is 20.9. The van der Waals surface area contributed by atoms with Crippen LogP contribution in [-0.4, -0.2) is 34.0 Å². The van der Waals surface area contributed by atoms with Gasteiger partial charge in [-0.3, -0.25) is 4.84 Å². The maximum atomic E-state index is 10.1. The van der Waals surface area contributed by atoms with Crippen molar-refractivity contribution >= 4 is 0 Å². The van der Waals surface area contributed by atoms with E-state index in [4.69, 9.17) is 4.84 Å². The van der Waals surface area contributed by atoms with E-state index in [2.05, 4.69) is 39.7 Å². The van der Waals surface area contributed by atoms with Gasteiger partial charge < -0.3 is 5.11 Å². The zero-order valence-electron chi connectivity index (χ0n) is 16.4. The quantitative estimate of drug-likeness (QED) is 0.511. The van der Waals surface area contributed by atoms with Gasteiger partial charge in [0.1, 0.15) is 0 Å². The first-order chi connectivity index (χ1) is 10.8. The molecule has 1 heterocycles. The molecule has 0 aromatic heterocycles. The van der Waals surface area contributed by atoms with E-state index >= 15 is 0 Å². The Labute approximate surface area is 144 Å². The van der Waals surface area contributed by atoms with E-state index in [1.165, 1.54) is 44.9 Å². The molecule has 1 rings (SSSR count). The molecule has 138 valence electrons. The standard InChI is InChI=1S/C20H41NO2/c1-6-7-8-9-10-13-18(22)14-11-17-23-21-19(2,3)15-12-16-20(21,4)5/h18,22H,6-17H2,1-5H3. The molecule has 3 heteroatoms. The van der Waals surface area contributed by atoms with Gasteiger partial charge >= 0.3 is 0 Å². The average Bonchev–Trinajstić information content (AvgIpc) is 2.44. The Hall–Kier alpha value is -0.120. The maximum Gasteiger partial charge on any atom is 0.0686 e. The number of hydroxylamine groups is 2. The summed E-state index contributed by atoms with van der Waals surface area (Å²) in [7, 11) is 0. The number of hydrogen-bond donors (Lipinski definition) is 1. The van der Waals surface area contributed by atoms with Gasteiger partial charge in [-0.1, -0.05) is 39.0 Å². The van der Waals surface area contributed by atoms with Gasteiger partial charge in [-0.2, -0.15) is 5.06 Å². The molecular weight excluding hydrogens is 286 g/mol. The second-order valence-electron chi connectivity index (χ2n) is 8.60. The molecule has 0 aliphatic carbocycles. The third kappa shape index (κ3) is 7.53. The van der Waals surface area contributed by atoms with Crippen LogP contribution in [0, 0.1) is 0 Å². The van der Waals surface area contributed by atoms with Crippen molar-refractivity contribution in [1.29, 1.82) is 0 Å². The van der Waals surface area contributed by atoms with Crippen molar-refractivity contribution in [2.24, 2.45) is 0 Å². The molecule has 1 aliphatic rings. The molecule has 1 saturated heterocycles. The Morgan fingerprint density at radius 1 is 0.913 bits per heavy atom. The van der Waals surface area contributed by atoms with Crippen LogP contribution in [0.4, 0.5) is 0 Å². The van der Waals surface area contributed by atoms with E-state index in [0.717, 1.165) is 32.3 Å². The third-order valence-electron chi connectivity index (χ3n) is 5.22. The first-order valence-corrected chi connectivity index (χ1v) is 9.91. The zero-order chi connectivity index (χ0) is 17.3. The highest BCUT2D eigenvalue weighted by Crippen LogP contribution is 2.38. The summed E-state index contributed by atoms with van der Waals surface area (Å²) >= 11 is 0. The van der Waals surface area contributed by atoms with Crippen LogP contribution < -0.4 is 0 Å². The number of hydrogen-bond acceptors (Lipinski definition) is 3. The van der Waals surface area contributed by atoms with Gasteiger partial charge in [-0.25, -0.2) is 0 Å². The summed E-state index contributed by atoms with van der Waals surface area (Å²) in [5, 5.41) is 12.3. The topological polar surface area (TPSA) is 32.7 Å². The molecule has 3 nitrogen and oxygen atoms in total. The molecule has 0 amide bonds. The van der Waals surface area contributed by atoms with Crippen LogP contribution in [-0.2, 0) is 4.84 Å². The molecule has 1 unspecified atom stereocenters. The minimum Gasteiger partial charge on any atom is -0.393 e. The number of piperidine rings is 1. The van der Waals surface area contributed by atoms with Crippen LogP contribution in [0.15, 0.2) is 0 Å². The largest absolute Gasteiger partial charge is 0.393 e. The number of unbranched alkanes of at least 4 members (excludes halogenated alkanes) is 4. The highest BCUT2D eigenvalue weighted by Gasteiger charge is 2.42. The van der Waals surface area contributed by atoms with Crippen molar-refractivity contribution in [2.45, 2.75) is 122 Å². The second kappa shape index (κ2) is 10.0. The molecule has 0 spiro atoms. The van der Waals surface area contributed by atoms with Crippen molar-refractivity contribution in [3.05, 3.63) is 0 Å². The Balaban J connectivity index is 2.18. The number of aliphatic hydroxyl groups is 1. The monoisotopic (exact) mass is 327 g/mol. The Bertz CT molecular complexity index is 299. The number of rotatable bonds is 11. The normalized spacial score (nSPS) is 22.2. The van der Waals surface area contributed by atoms with Gasteiger partial charge in [0.2, 0.25) is 0 Å². The summed E-state index contributed by atoms with van der Waals surface area (Å²) in [5.41, 5.74) is 0.222. The molecule has 1 aliphatic heterocycles. The summed E-state index contributed by atoms with van der Waals surface area (Å²) in [6, 6.07) is 0. The predicted molar refractivity (Wildman–Crippen MR) is 98.4 cm³/mol. The van der Waals surface area contributed by atoms with Gasteiger partial charge in [0.05, 0.1) is 12.7 Å². The van der Waals surface area contributed by atoms with Crippen molar-refractivity contribution in [3.8, 4) is 0 Å². The van der Waals surface area contributed by atoms with E-state index in [-0.39, 0.29) is 17.2 Å². The van der Waals surface area contributed by atoms with Crippen molar-refractivity contribution < 1.29 is 9.94 Å². The van der Waals surface area contributed by atoms with Crippen molar-refractivity contribution in [3.63, 3.8) is 0 Å². The lowest BCUT2D eigenvalue weighted by Crippen LogP contribution is -2.58. The highest BCUT2D eigenvalue weighted by atomic mass is 16.7.